The number of amides is 1. The predicted octanol–water partition coefficient (Wildman–Crippen LogP) is 2.31. The van der Waals surface area contributed by atoms with Gasteiger partial charge in [0.15, 0.2) is 0 Å². The minimum atomic E-state index is -0.437. The van der Waals surface area contributed by atoms with Crippen molar-refractivity contribution in [1.82, 2.24) is 25.3 Å². The molecule has 3 atom stereocenters. The molecular formula is C25H37N5O2. The summed E-state index contributed by atoms with van der Waals surface area (Å²) in [6.07, 6.45) is 8.31. The molecule has 3 N–H and O–H groups in total. The van der Waals surface area contributed by atoms with E-state index in [0.29, 0.717) is 31.5 Å². The maximum atomic E-state index is 13.0. The number of β-amino-alcohol motifs (C(OH)–C–C–N with tert-alkyl or cyclic N) is 1. The number of hydrogen-bond acceptors (Lipinski definition) is 5. The summed E-state index contributed by atoms with van der Waals surface area (Å²) in [5.74, 6) is 0.670. The zero-order chi connectivity index (χ0) is 22.5. The molecule has 0 bridgehead atoms. The predicted molar refractivity (Wildman–Crippen MR) is 126 cm³/mol. The maximum absolute atomic E-state index is 13.0. The number of benzene rings is 1. The van der Waals surface area contributed by atoms with Crippen LogP contribution >= 0.6 is 0 Å². The molecular weight excluding hydrogens is 402 g/mol. The van der Waals surface area contributed by atoms with E-state index in [1.54, 1.807) is 6.20 Å². The smallest absolute Gasteiger partial charge is 0.237 e. The summed E-state index contributed by atoms with van der Waals surface area (Å²) in [6.45, 7) is 1.88. The second-order valence-electron chi connectivity index (χ2n) is 9.41. The van der Waals surface area contributed by atoms with Crippen LogP contribution in [-0.4, -0.2) is 64.0 Å². The normalized spacial score (nSPS) is 23.3. The van der Waals surface area contributed by atoms with Crippen LogP contribution < -0.4 is 10.6 Å². The SMILES string of the molecule is CNC(CN1C[C@H](O)C[C@H]1C(=O)NCc1ccc(-c2ccnn2C)cc1)C1CCCCC1. The van der Waals surface area contributed by atoms with Gasteiger partial charge in [-0.3, -0.25) is 14.4 Å². The van der Waals surface area contributed by atoms with Crippen molar-refractivity contribution in [2.75, 3.05) is 20.1 Å². The standard InChI is InChI=1S/C25H37N5O2/c1-26-22(19-6-4-3-5-7-19)17-30-16-21(31)14-24(30)25(32)27-15-18-8-10-20(11-9-18)23-12-13-28-29(23)2/h8-13,19,21-22,24,26,31H,3-7,14-17H2,1-2H3,(H,27,32)/t21-,22?,24+/m1/s1. The lowest BCUT2D eigenvalue weighted by molar-refractivity contribution is -0.125. The molecule has 1 saturated heterocycles. The van der Waals surface area contributed by atoms with Crippen LogP contribution in [0.2, 0.25) is 0 Å². The fraction of sp³-hybridized carbons (Fsp3) is 0.600. The number of aromatic nitrogens is 2. The van der Waals surface area contributed by atoms with E-state index in [9.17, 15) is 9.90 Å². The van der Waals surface area contributed by atoms with E-state index in [2.05, 4.69) is 32.8 Å². The summed E-state index contributed by atoms with van der Waals surface area (Å²) in [6, 6.07) is 10.3. The van der Waals surface area contributed by atoms with Crippen molar-refractivity contribution in [3.8, 4) is 11.3 Å². The molecule has 0 radical (unpaired) electrons. The van der Waals surface area contributed by atoms with Crippen molar-refractivity contribution >= 4 is 5.91 Å². The van der Waals surface area contributed by atoms with Crippen LogP contribution in [0, 0.1) is 5.92 Å². The monoisotopic (exact) mass is 439 g/mol. The Kier molecular flexibility index (Phi) is 7.60. The number of rotatable bonds is 8. The molecule has 1 aliphatic carbocycles. The molecule has 1 amide bonds. The van der Waals surface area contributed by atoms with E-state index in [-0.39, 0.29) is 11.9 Å². The van der Waals surface area contributed by atoms with Crippen LogP contribution in [0.25, 0.3) is 11.3 Å². The molecule has 1 aromatic heterocycles. The highest BCUT2D eigenvalue weighted by Gasteiger charge is 2.38. The molecule has 0 spiro atoms. The summed E-state index contributed by atoms with van der Waals surface area (Å²) in [5.41, 5.74) is 3.23. The molecule has 7 heteroatoms. The number of likely N-dealkylation sites (N-methyl/N-ethyl adjacent to an activating group) is 1. The first-order valence-corrected chi connectivity index (χ1v) is 12.0. The highest BCUT2D eigenvalue weighted by molar-refractivity contribution is 5.82. The molecule has 2 heterocycles. The van der Waals surface area contributed by atoms with Crippen LogP contribution in [0.1, 0.15) is 44.1 Å². The van der Waals surface area contributed by atoms with Crippen molar-refractivity contribution in [2.45, 2.75) is 63.3 Å². The van der Waals surface area contributed by atoms with Crippen molar-refractivity contribution in [3.05, 3.63) is 42.1 Å². The lowest BCUT2D eigenvalue weighted by Crippen LogP contribution is -2.50. The van der Waals surface area contributed by atoms with E-state index < -0.39 is 6.10 Å². The second kappa shape index (κ2) is 10.6. The minimum absolute atomic E-state index is 0.00996. The number of aliphatic hydroxyl groups is 1. The number of carbonyl (C=O) groups excluding carboxylic acids is 1. The van der Waals surface area contributed by atoms with Crippen LogP contribution in [0.4, 0.5) is 0 Å². The van der Waals surface area contributed by atoms with Gasteiger partial charge < -0.3 is 15.7 Å². The van der Waals surface area contributed by atoms with Crippen molar-refractivity contribution in [2.24, 2.45) is 13.0 Å². The highest BCUT2D eigenvalue weighted by atomic mass is 16.3. The quantitative estimate of drug-likeness (QED) is 0.588. The molecule has 174 valence electrons. The van der Waals surface area contributed by atoms with E-state index in [0.717, 1.165) is 23.4 Å². The van der Waals surface area contributed by atoms with Crippen molar-refractivity contribution in [3.63, 3.8) is 0 Å². The van der Waals surface area contributed by atoms with Gasteiger partial charge in [-0.2, -0.15) is 5.10 Å². The molecule has 1 aromatic carbocycles. The Bertz CT molecular complexity index is 875. The average molecular weight is 440 g/mol. The first-order valence-electron chi connectivity index (χ1n) is 12.0. The van der Waals surface area contributed by atoms with Gasteiger partial charge in [-0.15, -0.1) is 0 Å². The Hall–Kier alpha value is -2.22. The Morgan fingerprint density at radius 1 is 1.19 bits per heavy atom. The van der Waals surface area contributed by atoms with Gasteiger partial charge in [-0.1, -0.05) is 43.5 Å². The van der Waals surface area contributed by atoms with Gasteiger partial charge in [0.05, 0.1) is 17.8 Å². The third-order valence-electron chi connectivity index (χ3n) is 7.24. The van der Waals surface area contributed by atoms with Gasteiger partial charge in [0, 0.05) is 38.9 Å². The molecule has 32 heavy (non-hydrogen) atoms. The van der Waals surface area contributed by atoms with Crippen LogP contribution in [-0.2, 0) is 18.4 Å². The Labute approximate surface area is 191 Å². The number of hydrogen-bond donors (Lipinski definition) is 3. The van der Waals surface area contributed by atoms with E-state index in [4.69, 9.17) is 0 Å². The summed E-state index contributed by atoms with van der Waals surface area (Å²) in [4.78, 5) is 15.2. The fourth-order valence-electron chi connectivity index (χ4n) is 5.38. The average Bonchev–Trinajstić information content (AvgIpc) is 3.41. The van der Waals surface area contributed by atoms with Gasteiger partial charge in [0.1, 0.15) is 0 Å². The van der Waals surface area contributed by atoms with Gasteiger partial charge in [-0.05, 0) is 49.4 Å². The summed E-state index contributed by atoms with van der Waals surface area (Å²) in [7, 11) is 3.95. The number of likely N-dealkylation sites (tertiary alicyclic amines) is 1. The van der Waals surface area contributed by atoms with Gasteiger partial charge in [-0.25, -0.2) is 0 Å². The second-order valence-corrected chi connectivity index (χ2v) is 9.41. The number of aliphatic hydroxyl groups excluding tert-OH is 1. The lowest BCUT2D eigenvalue weighted by atomic mass is 9.83. The van der Waals surface area contributed by atoms with E-state index in [1.807, 2.05) is 37.0 Å². The summed E-state index contributed by atoms with van der Waals surface area (Å²) >= 11 is 0. The molecule has 7 nitrogen and oxygen atoms in total. The molecule has 1 aliphatic heterocycles. The fourth-order valence-corrected chi connectivity index (χ4v) is 5.38. The number of carbonyl (C=O) groups is 1. The number of aryl methyl sites for hydroxylation is 1. The van der Waals surface area contributed by atoms with E-state index >= 15 is 0 Å². The zero-order valence-corrected chi connectivity index (χ0v) is 19.3. The van der Waals surface area contributed by atoms with Crippen LogP contribution in [0.5, 0.6) is 0 Å². The zero-order valence-electron chi connectivity index (χ0n) is 19.3. The largest absolute Gasteiger partial charge is 0.392 e. The van der Waals surface area contributed by atoms with Gasteiger partial charge >= 0.3 is 0 Å². The topological polar surface area (TPSA) is 82.4 Å². The molecule has 1 unspecified atom stereocenters. The highest BCUT2D eigenvalue weighted by Crippen LogP contribution is 2.28. The van der Waals surface area contributed by atoms with Crippen molar-refractivity contribution in [1.29, 1.82) is 0 Å². The summed E-state index contributed by atoms with van der Waals surface area (Å²) in [5, 5.41) is 21.1. The first-order chi connectivity index (χ1) is 15.5. The van der Waals surface area contributed by atoms with Crippen molar-refractivity contribution < 1.29 is 9.90 Å². The molecule has 2 aromatic rings. The molecule has 2 fully saturated rings. The third-order valence-corrected chi connectivity index (χ3v) is 7.24. The van der Waals surface area contributed by atoms with Crippen LogP contribution in [0.3, 0.4) is 0 Å². The van der Waals surface area contributed by atoms with Gasteiger partial charge in [0.25, 0.3) is 0 Å². The maximum Gasteiger partial charge on any atom is 0.237 e. The molecule has 4 rings (SSSR count). The minimum Gasteiger partial charge on any atom is -0.392 e. The molecule has 1 saturated carbocycles. The number of nitrogens with one attached hydrogen (secondary N) is 2. The van der Waals surface area contributed by atoms with Crippen LogP contribution in [0.15, 0.2) is 36.5 Å². The lowest BCUT2D eigenvalue weighted by Gasteiger charge is -2.34. The van der Waals surface area contributed by atoms with Gasteiger partial charge in [0.2, 0.25) is 5.91 Å². The number of nitrogens with zero attached hydrogens (tertiary/aromatic N) is 3. The Balaban J connectivity index is 1.33. The summed E-state index contributed by atoms with van der Waals surface area (Å²) < 4.78 is 1.85. The molecule has 2 aliphatic rings. The third kappa shape index (κ3) is 5.39. The Morgan fingerprint density at radius 2 is 1.94 bits per heavy atom. The van der Waals surface area contributed by atoms with E-state index in [1.165, 1.54) is 32.1 Å². The first kappa shape index (κ1) is 23.0. The Morgan fingerprint density at radius 3 is 2.59 bits per heavy atom.